The van der Waals surface area contributed by atoms with Crippen molar-refractivity contribution in [2.45, 2.75) is 25.9 Å². The van der Waals surface area contributed by atoms with Crippen LogP contribution in [-0.4, -0.2) is 33.5 Å². The smallest absolute Gasteiger partial charge is 0.255 e. The number of nitrogens with zero attached hydrogens (tertiary/aromatic N) is 3. The highest BCUT2D eigenvalue weighted by Crippen LogP contribution is 2.28. The van der Waals surface area contributed by atoms with Crippen LogP contribution in [0.15, 0.2) is 60.9 Å². The van der Waals surface area contributed by atoms with Crippen molar-refractivity contribution in [3.8, 4) is 5.75 Å². The molecule has 168 valence electrons. The molecule has 1 aromatic carbocycles. The molecule has 4 aromatic rings. The van der Waals surface area contributed by atoms with Crippen molar-refractivity contribution < 1.29 is 18.7 Å². The molecule has 1 N–H and O–H groups in total. The van der Waals surface area contributed by atoms with E-state index in [2.05, 4.69) is 10.3 Å². The van der Waals surface area contributed by atoms with Crippen molar-refractivity contribution in [1.29, 1.82) is 0 Å². The minimum absolute atomic E-state index is 0.0114. The lowest BCUT2D eigenvalue weighted by Crippen LogP contribution is -2.12. The maximum Gasteiger partial charge on any atom is 0.255 e. The van der Waals surface area contributed by atoms with Gasteiger partial charge in [0.25, 0.3) is 5.91 Å². The molecular weight excluding hydrogens is 423 g/mol. The Morgan fingerprint density at radius 1 is 1.24 bits per heavy atom. The number of imidazole rings is 1. The molecule has 1 aliphatic heterocycles. The van der Waals surface area contributed by atoms with Crippen molar-refractivity contribution in [3.63, 3.8) is 0 Å². The summed E-state index contributed by atoms with van der Waals surface area (Å²) in [6.45, 7) is 3.51. The predicted octanol–water partition coefficient (Wildman–Crippen LogP) is 4.51. The van der Waals surface area contributed by atoms with E-state index in [4.69, 9.17) is 14.5 Å². The molecule has 3 aromatic heterocycles. The molecule has 1 atom stereocenters. The second-order valence-electron chi connectivity index (χ2n) is 7.99. The average Bonchev–Trinajstić information content (AvgIpc) is 3.47. The summed E-state index contributed by atoms with van der Waals surface area (Å²) in [4.78, 5) is 21.4. The summed E-state index contributed by atoms with van der Waals surface area (Å²) in [5.41, 5.74) is 4.34. The van der Waals surface area contributed by atoms with E-state index in [-0.39, 0.29) is 18.2 Å². The lowest BCUT2D eigenvalue weighted by atomic mass is 10.0. The van der Waals surface area contributed by atoms with Gasteiger partial charge in [-0.3, -0.25) is 9.78 Å². The van der Waals surface area contributed by atoms with Crippen molar-refractivity contribution in [2.24, 2.45) is 0 Å². The Bertz CT molecular complexity index is 1300. The number of carbonyl (C=O) groups excluding carboxylic acids is 1. The van der Waals surface area contributed by atoms with E-state index in [9.17, 15) is 9.18 Å². The Morgan fingerprint density at radius 3 is 2.85 bits per heavy atom. The van der Waals surface area contributed by atoms with Gasteiger partial charge in [-0.15, -0.1) is 0 Å². The van der Waals surface area contributed by atoms with Crippen LogP contribution < -0.4 is 10.1 Å². The van der Waals surface area contributed by atoms with Gasteiger partial charge < -0.3 is 19.2 Å². The van der Waals surface area contributed by atoms with Crippen LogP contribution in [0, 0.1) is 12.7 Å². The molecule has 1 fully saturated rings. The molecule has 0 unspecified atom stereocenters. The number of hydrogen-bond donors (Lipinski definition) is 1. The first-order valence-corrected chi connectivity index (χ1v) is 10.8. The second kappa shape index (κ2) is 8.99. The van der Waals surface area contributed by atoms with Crippen LogP contribution in [0.4, 0.5) is 10.1 Å². The molecule has 7 nitrogen and oxygen atoms in total. The average molecular weight is 446 g/mol. The van der Waals surface area contributed by atoms with Crippen LogP contribution in [0.25, 0.3) is 5.65 Å². The van der Waals surface area contributed by atoms with Gasteiger partial charge in [-0.2, -0.15) is 0 Å². The van der Waals surface area contributed by atoms with E-state index < -0.39 is 5.82 Å². The van der Waals surface area contributed by atoms with E-state index in [0.29, 0.717) is 29.5 Å². The zero-order valence-electron chi connectivity index (χ0n) is 18.1. The molecular formula is C25H23FN4O3. The van der Waals surface area contributed by atoms with Crippen molar-refractivity contribution in [2.75, 3.05) is 18.5 Å². The number of ether oxygens (including phenoxy) is 2. The fourth-order valence-corrected chi connectivity index (χ4v) is 3.97. The minimum atomic E-state index is -0.415. The topological polar surface area (TPSA) is 77.8 Å². The van der Waals surface area contributed by atoms with Crippen molar-refractivity contribution >= 4 is 17.2 Å². The first-order valence-electron chi connectivity index (χ1n) is 10.8. The lowest BCUT2D eigenvalue weighted by Gasteiger charge is -2.09. The number of halogens is 1. The summed E-state index contributed by atoms with van der Waals surface area (Å²) in [5, 5.41) is 2.93. The highest BCUT2D eigenvalue weighted by molar-refractivity contribution is 6.04. The third kappa shape index (κ3) is 4.42. The number of hydrogen-bond acceptors (Lipinski definition) is 5. The third-order valence-electron chi connectivity index (χ3n) is 5.80. The standard InChI is InChI=1S/C25H23FN4O3/c1-16-24(18-10-12-32-14-18)29-23-9-6-19(13-30(16)23)28-25(31)17-4-7-20(8-5-17)33-15-22-21(26)3-2-11-27-22/h2-9,11,13,18H,10,12,14-15H2,1H3,(H,28,31)/t18-/m1/s1. The van der Waals surface area contributed by atoms with Crippen LogP contribution in [0.5, 0.6) is 5.75 Å². The van der Waals surface area contributed by atoms with E-state index in [1.54, 1.807) is 24.3 Å². The van der Waals surface area contributed by atoms with Gasteiger partial charge in [0.15, 0.2) is 0 Å². The van der Waals surface area contributed by atoms with Crippen LogP contribution in [0.2, 0.25) is 0 Å². The molecule has 1 amide bonds. The van der Waals surface area contributed by atoms with Crippen LogP contribution in [0.3, 0.4) is 0 Å². The zero-order chi connectivity index (χ0) is 22.8. The van der Waals surface area contributed by atoms with Gasteiger partial charge in [-0.05, 0) is 61.9 Å². The van der Waals surface area contributed by atoms with Gasteiger partial charge in [0, 0.05) is 36.2 Å². The highest BCUT2D eigenvalue weighted by atomic mass is 19.1. The number of carbonyl (C=O) groups is 1. The van der Waals surface area contributed by atoms with Crippen molar-refractivity contribution in [3.05, 3.63) is 89.4 Å². The normalized spacial score (nSPS) is 15.6. The summed E-state index contributed by atoms with van der Waals surface area (Å²) in [5.74, 6) is 0.189. The molecule has 8 heteroatoms. The molecule has 0 radical (unpaired) electrons. The number of aryl methyl sites for hydroxylation is 1. The first-order chi connectivity index (χ1) is 16.1. The SMILES string of the molecule is Cc1c([C@@H]2CCOC2)nc2ccc(NC(=O)c3ccc(OCc4ncccc4F)cc3)cn12. The van der Waals surface area contributed by atoms with Gasteiger partial charge in [-0.1, -0.05) is 0 Å². The maximum atomic E-state index is 13.7. The van der Waals surface area contributed by atoms with E-state index in [1.165, 1.54) is 18.3 Å². The summed E-state index contributed by atoms with van der Waals surface area (Å²) in [6, 6.07) is 13.3. The zero-order valence-corrected chi connectivity index (χ0v) is 18.1. The molecule has 0 aliphatic carbocycles. The summed E-state index contributed by atoms with van der Waals surface area (Å²) in [7, 11) is 0. The van der Waals surface area contributed by atoms with Gasteiger partial charge in [0.05, 0.1) is 18.0 Å². The molecule has 0 bridgehead atoms. The Morgan fingerprint density at radius 2 is 2.09 bits per heavy atom. The lowest BCUT2D eigenvalue weighted by molar-refractivity contribution is 0.102. The van der Waals surface area contributed by atoms with Gasteiger partial charge in [0.1, 0.15) is 29.5 Å². The number of aromatic nitrogens is 3. The van der Waals surface area contributed by atoms with Gasteiger partial charge in [0.2, 0.25) is 0 Å². The summed E-state index contributed by atoms with van der Waals surface area (Å²) >= 11 is 0. The predicted molar refractivity (Wildman–Crippen MR) is 121 cm³/mol. The number of amides is 1. The van der Waals surface area contributed by atoms with E-state index in [1.807, 2.05) is 29.7 Å². The minimum Gasteiger partial charge on any atom is -0.487 e. The van der Waals surface area contributed by atoms with E-state index in [0.717, 1.165) is 30.1 Å². The summed E-state index contributed by atoms with van der Waals surface area (Å²) < 4.78 is 26.7. The molecule has 33 heavy (non-hydrogen) atoms. The fraction of sp³-hybridized carbons (Fsp3) is 0.240. The first kappa shape index (κ1) is 21.1. The monoisotopic (exact) mass is 446 g/mol. The Kier molecular flexibility index (Phi) is 5.75. The van der Waals surface area contributed by atoms with Gasteiger partial charge >= 0.3 is 0 Å². The molecule has 0 spiro atoms. The summed E-state index contributed by atoms with van der Waals surface area (Å²) in [6.07, 6.45) is 4.38. The molecule has 1 aliphatic rings. The molecule has 0 saturated carbocycles. The Hall–Kier alpha value is -3.78. The molecule has 1 saturated heterocycles. The van der Waals surface area contributed by atoms with Crippen LogP contribution >= 0.6 is 0 Å². The number of benzene rings is 1. The number of nitrogens with one attached hydrogen (secondary N) is 1. The Balaban J connectivity index is 1.26. The van der Waals surface area contributed by atoms with Crippen molar-refractivity contribution in [1.82, 2.24) is 14.4 Å². The fourth-order valence-electron chi connectivity index (χ4n) is 3.97. The number of rotatable bonds is 6. The second-order valence-corrected chi connectivity index (χ2v) is 7.99. The molecule has 5 rings (SSSR count). The number of anilines is 1. The Labute approximate surface area is 190 Å². The van der Waals surface area contributed by atoms with Crippen LogP contribution in [-0.2, 0) is 11.3 Å². The van der Waals surface area contributed by atoms with E-state index >= 15 is 0 Å². The highest BCUT2D eigenvalue weighted by Gasteiger charge is 2.23. The quantitative estimate of drug-likeness (QED) is 0.472. The van der Waals surface area contributed by atoms with Gasteiger partial charge in [-0.25, -0.2) is 9.37 Å². The largest absolute Gasteiger partial charge is 0.487 e. The van der Waals surface area contributed by atoms with Crippen LogP contribution in [0.1, 0.15) is 39.8 Å². The molecule has 4 heterocycles. The third-order valence-corrected chi connectivity index (χ3v) is 5.80. The maximum absolute atomic E-state index is 13.7. The number of pyridine rings is 2. The number of fused-ring (bicyclic) bond motifs is 1.